The Morgan fingerprint density at radius 2 is 1.85 bits per heavy atom. The summed E-state index contributed by atoms with van der Waals surface area (Å²) < 4.78 is 30.4. The lowest BCUT2D eigenvalue weighted by Gasteiger charge is -2.15. The van der Waals surface area contributed by atoms with Crippen molar-refractivity contribution >= 4 is 21.6 Å². The second-order valence-electron chi connectivity index (χ2n) is 4.22. The van der Waals surface area contributed by atoms with Crippen LogP contribution < -0.4 is 5.32 Å². The van der Waals surface area contributed by atoms with Crippen molar-refractivity contribution in [2.75, 3.05) is 19.4 Å². The van der Waals surface area contributed by atoms with E-state index in [4.69, 9.17) is 4.42 Å². The molecule has 7 heteroatoms. The summed E-state index contributed by atoms with van der Waals surface area (Å²) in [6.45, 7) is 0. The first-order valence-corrected chi connectivity index (χ1v) is 7.23. The van der Waals surface area contributed by atoms with E-state index in [0.717, 1.165) is 4.31 Å². The molecule has 0 atom stereocenters. The standard InChI is InChI=1S/C13H14N2O4S/c1-15(2)20(17,18)12-8-4-3-6-10(12)14-13(16)11-7-5-9-19-11/h3-9H,1-2H3,(H,14,16). The molecule has 0 saturated heterocycles. The summed E-state index contributed by atoms with van der Waals surface area (Å²) in [5, 5.41) is 2.54. The van der Waals surface area contributed by atoms with Gasteiger partial charge >= 0.3 is 0 Å². The highest BCUT2D eigenvalue weighted by atomic mass is 32.2. The summed E-state index contributed by atoms with van der Waals surface area (Å²) in [6, 6.07) is 9.28. The molecule has 1 aromatic heterocycles. The van der Waals surface area contributed by atoms with Gasteiger partial charge in [-0.2, -0.15) is 0 Å². The van der Waals surface area contributed by atoms with E-state index in [2.05, 4.69) is 5.32 Å². The first kappa shape index (κ1) is 14.3. The minimum Gasteiger partial charge on any atom is -0.459 e. The smallest absolute Gasteiger partial charge is 0.291 e. The summed E-state index contributed by atoms with van der Waals surface area (Å²) >= 11 is 0. The van der Waals surface area contributed by atoms with Crippen LogP contribution in [0.4, 0.5) is 5.69 Å². The van der Waals surface area contributed by atoms with Gasteiger partial charge in [0.1, 0.15) is 4.90 Å². The number of furan rings is 1. The van der Waals surface area contributed by atoms with Gasteiger partial charge in [-0.25, -0.2) is 12.7 Å². The monoisotopic (exact) mass is 294 g/mol. The van der Waals surface area contributed by atoms with Gasteiger partial charge in [0.2, 0.25) is 10.0 Å². The Morgan fingerprint density at radius 1 is 1.15 bits per heavy atom. The van der Waals surface area contributed by atoms with Gasteiger partial charge in [-0.3, -0.25) is 4.79 Å². The lowest BCUT2D eigenvalue weighted by Crippen LogP contribution is -2.24. The number of amides is 1. The summed E-state index contributed by atoms with van der Waals surface area (Å²) in [6.07, 6.45) is 1.37. The van der Waals surface area contributed by atoms with Crippen molar-refractivity contribution in [2.24, 2.45) is 0 Å². The van der Waals surface area contributed by atoms with Crippen LogP contribution in [0.5, 0.6) is 0 Å². The molecule has 0 aliphatic carbocycles. The second-order valence-corrected chi connectivity index (χ2v) is 6.34. The normalized spacial score (nSPS) is 11.6. The minimum absolute atomic E-state index is 0.0323. The minimum atomic E-state index is -3.63. The van der Waals surface area contributed by atoms with Crippen LogP contribution in [0.25, 0.3) is 0 Å². The topological polar surface area (TPSA) is 79.6 Å². The number of anilines is 1. The van der Waals surface area contributed by atoms with Crippen LogP contribution in [0.1, 0.15) is 10.6 Å². The van der Waals surface area contributed by atoms with Crippen molar-refractivity contribution in [1.29, 1.82) is 0 Å². The number of nitrogens with one attached hydrogen (secondary N) is 1. The molecule has 1 amide bonds. The summed E-state index contributed by atoms with van der Waals surface area (Å²) in [4.78, 5) is 11.9. The molecule has 0 radical (unpaired) electrons. The van der Waals surface area contributed by atoms with E-state index in [9.17, 15) is 13.2 Å². The Hall–Kier alpha value is -2.12. The lowest BCUT2D eigenvalue weighted by molar-refractivity contribution is 0.0996. The maximum Gasteiger partial charge on any atom is 0.291 e. The third-order valence-corrected chi connectivity index (χ3v) is 4.51. The fraction of sp³-hybridized carbons (Fsp3) is 0.154. The first-order chi connectivity index (χ1) is 9.43. The largest absolute Gasteiger partial charge is 0.459 e. The summed E-state index contributed by atoms with van der Waals surface area (Å²) in [5.74, 6) is -0.390. The third-order valence-electron chi connectivity index (χ3n) is 2.64. The van der Waals surface area contributed by atoms with Crippen molar-refractivity contribution in [3.05, 3.63) is 48.4 Å². The molecule has 0 fully saturated rings. The van der Waals surface area contributed by atoms with E-state index in [-0.39, 0.29) is 16.3 Å². The Bertz CT molecular complexity index is 706. The predicted octanol–water partition coefficient (Wildman–Crippen LogP) is 1.78. The second kappa shape index (κ2) is 5.48. The van der Waals surface area contributed by atoms with Crippen LogP contribution in [0, 0.1) is 0 Å². The van der Waals surface area contributed by atoms with Crippen molar-refractivity contribution in [3.63, 3.8) is 0 Å². The Morgan fingerprint density at radius 3 is 2.45 bits per heavy atom. The fourth-order valence-electron chi connectivity index (χ4n) is 1.58. The third kappa shape index (κ3) is 2.73. The molecule has 2 rings (SSSR count). The van der Waals surface area contributed by atoms with Gasteiger partial charge in [0.25, 0.3) is 5.91 Å². The number of carbonyl (C=O) groups is 1. The first-order valence-electron chi connectivity index (χ1n) is 5.79. The summed E-state index contributed by atoms with van der Waals surface area (Å²) in [5.41, 5.74) is 0.211. The lowest BCUT2D eigenvalue weighted by atomic mass is 10.3. The molecule has 0 spiro atoms. The van der Waals surface area contributed by atoms with Gasteiger partial charge in [0, 0.05) is 14.1 Å². The number of sulfonamides is 1. The average molecular weight is 294 g/mol. The van der Waals surface area contributed by atoms with Crippen molar-refractivity contribution in [1.82, 2.24) is 4.31 Å². The van der Waals surface area contributed by atoms with Crippen molar-refractivity contribution in [2.45, 2.75) is 4.90 Å². The van der Waals surface area contributed by atoms with E-state index < -0.39 is 15.9 Å². The number of rotatable bonds is 4. The molecule has 1 heterocycles. The zero-order valence-electron chi connectivity index (χ0n) is 11.0. The molecular formula is C13H14N2O4S. The Balaban J connectivity index is 2.37. The Kier molecular flexibility index (Phi) is 3.91. The number of hydrogen-bond donors (Lipinski definition) is 1. The molecule has 20 heavy (non-hydrogen) atoms. The predicted molar refractivity (Wildman–Crippen MR) is 74.0 cm³/mol. The molecule has 0 bridgehead atoms. The van der Waals surface area contributed by atoms with Gasteiger partial charge in [-0.05, 0) is 24.3 Å². The molecule has 6 nitrogen and oxygen atoms in total. The van der Waals surface area contributed by atoms with Gasteiger partial charge in [0.05, 0.1) is 12.0 Å². The maximum atomic E-state index is 12.2. The molecule has 1 aromatic carbocycles. The fourth-order valence-corrected chi connectivity index (χ4v) is 2.62. The molecule has 106 valence electrons. The maximum absolute atomic E-state index is 12.2. The summed E-state index contributed by atoms with van der Waals surface area (Å²) in [7, 11) is -0.772. The molecule has 0 unspecified atom stereocenters. The van der Waals surface area contributed by atoms with Crippen LogP contribution in [0.2, 0.25) is 0 Å². The number of carbonyl (C=O) groups excluding carboxylic acids is 1. The van der Waals surface area contributed by atoms with Gasteiger partial charge in [0.15, 0.2) is 5.76 Å². The number of benzene rings is 1. The van der Waals surface area contributed by atoms with Crippen molar-refractivity contribution in [3.8, 4) is 0 Å². The number of nitrogens with zero attached hydrogens (tertiary/aromatic N) is 1. The van der Waals surface area contributed by atoms with Gasteiger partial charge < -0.3 is 9.73 Å². The van der Waals surface area contributed by atoms with Crippen LogP contribution in [-0.4, -0.2) is 32.7 Å². The van der Waals surface area contributed by atoms with E-state index >= 15 is 0 Å². The van der Waals surface area contributed by atoms with Crippen molar-refractivity contribution < 1.29 is 17.6 Å². The molecule has 1 N–H and O–H groups in total. The zero-order chi connectivity index (χ0) is 14.8. The van der Waals surface area contributed by atoms with Gasteiger partial charge in [-0.1, -0.05) is 12.1 Å². The number of para-hydroxylation sites is 1. The molecular weight excluding hydrogens is 280 g/mol. The quantitative estimate of drug-likeness (QED) is 0.932. The van der Waals surface area contributed by atoms with Crippen LogP contribution in [-0.2, 0) is 10.0 Å². The van der Waals surface area contributed by atoms with E-state index in [1.54, 1.807) is 18.2 Å². The van der Waals surface area contributed by atoms with Gasteiger partial charge in [-0.15, -0.1) is 0 Å². The van der Waals surface area contributed by atoms with Crippen LogP contribution >= 0.6 is 0 Å². The zero-order valence-corrected chi connectivity index (χ0v) is 11.8. The molecule has 0 aliphatic heterocycles. The molecule has 0 aliphatic rings. The highest BCUT2D eigenvalue weighted by Crippen LogP contribution is 2.23. The highest BCUT2D eigenvalue weighted by molar-refractivity contribution is 7.89. The Labute approximate surface area is 117 Å². The van der Waals surface area contributed by atoms with E-state index in [1.165, 1.54) is 38.6 Å². The van der Waals surface area contributed by atoms with Crippen LogP contribution in [0.15, 0.2) is 52.0 Å². The average Bonchev–Trinajstić information content (AvgIpc) is 2.93. The number of hydrogen-bond acceptors (Lipinski definition) is 4. The highest BCUT2D eigenvalue weighted by Gasteiger charge is 2.22. The van der Waals surface area contributed by atoms with E-state index in [1.807, 2.05) is 0 Å². The SMILES string of the molecule is CN(C)S(=O)(=O)c1ccccc1NC(=O)c1ccco1. The molecule has 0 saturated carbocycles. The molecule has 2 aromatic rings. The van der Waals surface area contributed by atoms with E-state index in [0.29, 0.717) is 0 Å². The van der Waals surface area contributed by atoms with Crippen LogP contribution in [0.3, 0.4) is 0 Å².